The molecule has 1 aliphatic carbocycles. The van der Waals surface area contributed by atoms with Gasteiger partial charge in [0, 0.05) is 18.1 Å². The van der Waals surface area contributed by atoms with E-state index in [1.807, 2.05) is 12.3 Å². The summed E-state index contributed by atoms with van der Waals surface area (Å²) in [4.78, 5) is 13.3. The largest absolute Gasteiger partial charge is 0.490 e. The minimum Gasteiger partial charge on any atom is -0.475 e. The molecule has 1 saturated carbocycles. The first kappa shape index (κ1) is 21.7. The van der Waals surface area contributed by atoms with Crippen LogP contribution in [-0.4, -0.2) is 45.2 Å². The Labute approximate surface area is 169 Å². The lowest BCUT2D eigenvalue weighted by Gasteiger charge is -2.21. The monoisotopic (exact) mass is 433 g/mol. The summed E-state index contributed by atoms with van der Waals surface area (Å²) in [6, 6.07) is 0. The zero-order valence-corrected chi connectivity index (χ0v) is 16.6. The summed E-state index contributed by atoms with van der Waals surface area (Å²) in [7, 11) is 0. The number of halogens is 3. The van der Waals surface area contributed by atoms with Crippen LogP contribution in [0.4, 0.5) is 13.2 Å². The highest BCUT2D eigenvalue weighted by Crippen LogP contribution is 2.32. The van der Waals surface area contributed by atoms with Crippen LogP contribution in [-0.2, 0) is 33.8 Å². The summed E-state index contributed by atoms with van der Waals surface area (Å²) in [5.74, 6) is -1.92. The topological polar surface area (TPSA) is 86.5 Å². The zero-order valence-electron chi connectivity index (χ0n) is 15.8. The van der Waals surface area contributed by atoms with E-state index in [0.29, 0.717) is 13.2 Å². The highest BCUT2D eigenvalue weighted by Gasteiger charge is 2.38. The van der Waals surface area contributed by atoms with Crippen molar-refractivity contribution in [2.45, 2.75) is 51.6 Å². The van der Waals surface area contributed by atoms with Gasteiger partial charge in [0.05, 0.1) is 36.2 Å². The van der Waals surface area contributed by atoms with E-state index in [0.717, 1.165) is 41.9 Å². The molecule has 1 N–H and O–H groups in total. The van der Waals surface area contributed by atoms with Gasteiger partial charge in [0.1, 0.15) is 6.10 Å². The van der Waals surface area contributed by atoms with Crippen LogP contribution in [0.3, 0.4) is 0 Å². The number of aromatic nitrogens is 3. The van der Waals surface area contributed by atoms with Crippen LogP contribution >= 0.6 is 11.3 Å². The van der Waals surface area contributed by atoms with Crippen molar-refractivity contribution in [3.8, 4) is 0 Å². The third kappa shape index (κ3) is 6.51. The number of carboxylic acids is 1. The first-order chi connectivity index (χ1) is 13.7. The van der Waals surface area contributed by atoms with E-state index in [9.17, 15) is 13.2 Å². The number of hydrogen-bond donors (Lipinski definition) is 1. The molecule has 1 fully saturated rings. The second kappa shape index (κ2) is 9.23. The number of rotatable bonds is 6. The number of thiazole rings is 1. The van der Waals surface area contributed by atoms with E-state index in [2.05, 4.69) is 15.9 Å². The van der Waals surface area contributed by atoms with E-state index < -0.39 is 12.1 Å². The van der Waals surface area contributed by atoms with E-state index in [4.69, 9.17) is 24.5 Å². The van der Waals surface area contributed by atoms with Crippen molar-refractivity contribution in [2.75, 3.05) is 13.2 Å². The molecule has 1 atom stereocenters. The quantitative estimate of drug-likeness (QED) is 0.750. The first-order valence-electron chi connectivity index (χ1n) is 9.19. The molecule has 1 aliphatic heterocycles. The Morgan fingerprint density at radius 2 is 2.17 bits per heavy atom. The smallest absolute Gasteiger partial charge is 0.475 e. The fourth-order valence-corrected chi connectivity index (χ4v) is 3.46. The van der Waals surface area contributed by atoms with E-state index in [-0.39, 0.29) is 6.10 Å². The number of nitrogens with zero attached hydrogens (tertiary/aromatic N) is 3. The predicted molar refractivity (Wildman–Crippen MR) is 97.5 cm³/mol. The average Bonchev–Trinajstić information content (AvgIpc) is 3.19. The summed E-state index contributed by atoms with van der Waals surface area (Å²) >= 11 is 1.66. The fourth-order valence-electron chi connectivity index (χ4n) is 2.86. The lowest BCUT2D eigenvalue weighted by Crippen LogP contribution is -2.21. The molecule has 1 unspecified atom stereocenters. The number of aliphatic carboxylic acids is 1. The molecule has 0 spiro atoms. The fraction of sp³-hybridized carbons (Fsp3) is 0.611. The van der Waals surface area contributed by atoms with Crippen molar-refractivity contribution in [3.63, 3.8) is 0 Å². The van der Waals surface area contributed by atoms with E-state index in [1.54, 1.807) is 11.3 Å². The molecule has 4 rings (SSSR count). The Morgan fingerprint density at radius 1 is 1.45 bits per heavy atom. The minimum absolute atomic E-state index is 0.0380. The van der Waals surface area contributed by atoms with Gasteiger partial charge in [-0.15, -0.1) is 11.3 Å². The lowest BCUT2D eigenvalue weighted by atomic mass is 10.1. The van der Waals surface area contributed by atoms with Crippen LogP contribution < -0.4 is 0 Å². The van der Waals surface area contributed by atoms with Crippen molar-refractivity contribution >= 4 is 17.3 Å². The SMILES string of the molecule is Cc1nc(COCC2OCCc3cn(CC4CC4)nc32)cs1.O=C(O)C(F)(F)F. The molecule has 2 aromatic heterocycles. The van der Waals surface area contributed by atoms with Gasteiger partial charge < -0.3 is 14.6 Å². The summed E-state index contributed by atoms with van der Waals surface area (Å²) in [5.41, 5.74) is 3.39. The van der Waals surface area contributed by atoms with Crippen LogP contribution in [0.1, 0.15) is 40.9 Å². The number of fused-ring (bicyclic) bond motifs is 1. The standard InChI is InChI=1S/C16H21N3O2S.C2HF3O2/c1-11-17-14(10-22-11)8-20-9-15-16-13(4-5-21-15)7-19(18-16)6-12-2-3-12;3-2(4,5)1(6)7/h7,10,12,15H,2-6,8-9H2,1H3;(H,6,7). The molecule has 2 aromatic rings. The van der Waals surface area contributed by atoms with Crippen LogP contribution in [0, 0.1) is 12.8 Å². The maximum atomic E-state index is 10.6. The van der Waals surface area contributed by atoms with Crippen LogP contribution in [0.25, 0.3) is 0 Å². The number of aryl methyl sites for hydroxylation is 1. The van der Waals surface area contributed by atoms with Gasteiger partial charge in [-0.05, 0) is 37.7 Å². The molecule has 0 amide bonds. The molecule has 7 nitrogen and oxygen atoms in total. The molecular weight excluding hydrogens is 411 g/mol. The van der Waals surface area contributed by atoms with Crippen molar-refractivity contribution in [2.24, 2.45) is 5.92 Å². The summed E-state index contributed by atoms with van der Waals surface area (Å²) in [6.07, 6.45) is 0.736. The Balaban J connectivity index is 0.000000298. The molecule has 0 saturated heterocycles. The summed E-state index contributed by atoms with van der Waals surface area (Å²) in [6.45, 7) is 4.91. The first-order valence-corrected chi connectivity index (χ1v) is 10.1. The highest BCUT2D eigenvalue weighted by molar-refractivity contribution is 7.09. The zero-order chi connectivity index (χ0) is 21.0. The van der Waals surface area contributed by atoms with Gasteiger partial charge in [-0.2, -0.15) is 18.3 Å². The van der Waals surface area contributed by atoms with E-state index >= 15 is 0 Å². The van der Waals surface area contributed by atoms with Crippen molar-refractivity contribution < 1.29 is 32.5 Å². The third-order valence-electron chi connectivity index (χ3n) is 4.44. The van der Waals surface area contributed by atoms with Crippen molar-refractivity contribution in [1.29, 1.82) is 0 Å². The maximum Gasteiger partial charge on any atom is 0.490 e. The van der Waals surface area contributed by atoms with Crippen LogP contribution in [0.5, 0.6) is 0 Å². The Kier molecular flexibility index (Phi) is 6.91. The molecule has 0 bridgehead atoms. The summed E-state index contributed by atoms with van der Waals surface area (Å²) in [5, 5.41) is 15.0. The minimum atomic E-state index is -5.08. The second-order valence-corrected chi connectivity index (χ2v) is 8.05. The molecule has 11 heteroatoms. The molecule has 3 heterocycles. The molecule has 160 valence electrons. The van der Waals surface area contributed by atoms with Gasteiger partial charge in [-0.25, -0.2) is 9.78 Å². The highest BCUT2D eigenvalue weighted by atomic mass is 32.1. The van der Waals surface area contributed by atoms with Gasteiger partial charge in [0.25, 0.3) is 0 Å². The lowest BCUT2D eigenvalue weighted by molar-refractivity contribution is -0.192. The number of carboxylic acid groups (broad SMARTS) is 1. The molecule has 0 aromatic carbocycles. The van der Waals surface area contributed by atoms with Crippen molar-refractivity contribution in [1.82, 2.24) is 14.8 Å². The van der Waals surface area contributed by atoms with Gasteiger partial charge in [0.15, 0.2) is 0 Å². The molecule has 0 radical (unpaired) electrons. The Hall–Kier alpha value is -1.98. The Bertz CT molecular complexity index is 833. The molecule has 2 aliphatic rings. The van der Waals surface area contributed by atoms with E-state index in [1.165, 1.54) is 18.4 Å². The number of alkyl halides is 3. The van der Waals surface area contributed by atoms with Gasteiger partial charge in [0.2, 0.25) is 0 Å². The van der Waals surface area contributed by atoms with Crippen molar-refractivity contribution in [3.05, 3.63) is 33.5 Å². The van der Waals surface area contributed by atoms with Crippen LogP contribution in [0.15, 0.2) is 11.6 Å². The van der Waals surface area contributed by atoms with Gasteiger partial charge >= 0.3 is 12.1 Å². The Morgan fingerprint density at radius 3 is 2.76 bits per heavy atom. The number of ether oxygens (including phenoxy) is 2. The second-order valence-electron chi connectivity index (χ2n) is 6.99. The number of carbonyl (C=O) groups is 1. The van der Waals surface area contributed by atoms with Crippen LogP contribution in [0.2, 0.25) is 0 Å². The predicted octanol–water partition coefficient (Wildman–Crippen LogP) is 3.52. The number of hydrogen-bond acceptors (Lipinski definition) is 6. The normalized spacial score (nSPS) is 18.7. The summed E-state index contributed by atoms with van der Waals surface area (Å²) < 4.78 is 45.5. The average molecular weight is 433 g/mol. The van der Waals surface area contributed by atoms with Gasteiger partial charge in [-0.3, -0.25) is 4.68 Å². The molecule has 29 heavy (non-hydrogen) atoms. The van der Waals surface area contributed by atoms with Gasteiger partial charge in [-0.1, -0.05) is 0 Å². The molecular formula is C18H22F3N3O4S. The maximum absolute atomic E-state index is 10.6. The third-order valence-corrected chi connectivity index (χ3v) is 5.26.